The SMILES string of the molecule is CCCO[C@@]1(C(=O)Nc2ccc(OC)c(C(=O)OC)c2)CCC[C@H](C)C1. The quantitative estimate of drug-likeness (QED) is 0.746. The van der Waals surface area contributed by atoms with Crippen molar-refractivity contribution in [2.45, 2.75) is 51.6 Å². The lowest BCUT2D eigenvalue weighted by molar-refractivity contribution is -0.148. The average molecular weight is 363 g/mol. The molecule has 0 bridgehead atoms. The number of amides is 1. The lowest BCUT2D eigenvalue weighted by Gasteiger charge is -2.38. The van der Waals surface area contributed by atoms with Gasteiger partial charge in [-0.3, -0.25) is 4.79 Å². The van der Waals surface area contributed by atoms with E-state index in [1.807, 2.05) is 6.92 Å². The van der Waals surface area contributed by atoms with E-state index >= 15 is 0 Å². The summed E-state index contributed by atoms with van der Waals surface area (Å²) >= 11 is 0. The lowest BCUT2D eigenvalue weighted by atomic mass is 9.78. The number of methoxy groups -OCH3 is 2. The number of rotatable bonds is 7. The van der Waals surface area contributed by atoms with E-state index < -0.39 is 11.6 Å². The number of esters is 1. The monoisotopic (exact) mass is 363 g/mol. The van der Waals surface area contributed by atoms with Gasteiger partial charge in [-0.05, 0) is 49.8 Å². The van der Waals surface area contributed by atoms with Crippen LogP contribution in [0.2, 0.25) is 0 Å². The van der Waals surface area contributed by atoms with Crippen LogP contribution in [0.4, 0.5) is 5.69 Å². The molecular formula is C20H29NO5. The highest BCUT2D eigenvalue weighted by molar-refractivity contribution is 5.99. The minimum Gasteiger partial charge on any atom is -0.496 e. The van der Waals surface area contributed by atoms with Crippen LogP contribution in [-0.2, 0) is 14.3 Å². The molecule has 0 spiro atoms. The van der Waals surface area contributed by atoms with Crippen LogP contribution in [0, 0.1) is 5.92 Å². The second kappa shape index (κ2) is 9.03. The second-order valence-corrected chi connectivity index (χ2v) is 6.91. The highest BCUT2D eigenvalue weighted by Crippen LogP contribution is 2.36. The number of hydrogen-bond acceptors (Lipinski definition) is 5. The molecule has 1 aliphatic rings. The molecule has 2 atom stereocenters. The van der Waals surface area contributed by atoms with Crippen LogP contribution < -0.4 is 10.1 Å². The third-order valence-electron chi connectivity index (χ3n) is 4.81. The van der Waals surface area contributed by atoms with Gasteiger partial charge in [0, 0.05) is 12.3 Å². The molecule has 6 nitrogen and oxygen atoms in total. The zero-order chi connectivity index (χ0) is 19.2. The van der Waals surface area contributed by atoms with E-state index in [4.69, 9.17) is 14.2 Å². The molecule has 2 rings (SSSR count). The summed E-state index contributed by atoms with van der Waals surface area (Å²) in [6, 6.07) is 4.93. The molecule has 1 aromatic rings. The summed E-state index contributed by atoms with van der Waals surface area (Å²) in [5.41, 5.74) is -0.0128. The van der Waals surface area contributed by atoms with Crippen molar-refractivity contribution < 1.29 is 23.8 Å². The number of hydrogen-bond donors (Lipinski definition) is 1. The molecule has 1 fully saturated rings. The molecule has 0 radical (unpaired) electrons. The maximum Gasteiger partial charge on any atom is 0.341 e. The highest BCUT2D eigenvalue weighted by atomic mass is 16.5. The maximum absolute atomic E-state index is 13.1. The first kappa shape index (κ1) is 20.2. The van der Waals surface area contributed by atoms with Crippen molar-refractivity contribution in [2.24, 2.45) is 5.92 Å². The molecule has 0 aromatic heterocycles. The molecule has 0 unspecified atom stereocenters. The largest absolute Gasteiger partial charge is 0.496 e. The summed E-state index contributed by atoms with van der Waals surface area (Å²) in [6.07, 6.45) is 4.36. The average Bonchev–Trinajstić information content (AvgIpc) is 2.65. The maximum atomic E-state index is 13.1. The minimum absolute atomic E-state index is 0.154. The zero-order valence-electron chi connectivity index (χ0n) is 16.1. The van der Waals surface area contributed by atoms with Crippen LogP contribution in [0.25, 0.3) is 0 Å². The Balaban J connectivity index is 2.24. The van der Waals surface area contributed by atoms with Crippen LogP contribution in [0.5, 0.6) is 5.75 Å². The predicted octanol–water partition coefficient (Wildman–Crippen LogP) is 3.80. The van der Waals surface area contributed by atoms with Crippen molar-refractivity contribution in [3.63, 3.8) is 0 Å². The van der Waals surface area contributed by atoms with Crippen LogP contribution >= 0.6 is 0 Å². The number of anilines is 1. The van der Waals surface area contributed by atoms with Gasteiger partial charge in [-0.25, -0.2) is 4.79 Å². The van der Waals surface area contributed by atoms with Gasteiger partial charge in [-0.1, -0.05) is 20.3 Å². The molecule has 0 heterocycles. The van der Waals surface area contributed by atoms with Crippen LogP contribution in [0.15, 0.2) is 18.2 Å². The molecule has 1 saturated carbocycles. The molecule has 1 amide bonds. The van der Waals surface area contributed by atoms with Crippen LogP contribution in [0.3, 0.4) is 0 Å². The van der Waals surface area contributed by atoms with Crippen molar-refractivity contribution in [1.29, 1.82) is 0 Å². The summed E-state index contributed by atoms with van der Waals surface area (Å²) in [5.74, 6) is 0.172. The van der Waals surface area contributed by atoms with Crippen molar-refractivity contribution in [2.75, 3.05) is 26.1 Å². The van der Waals surface area contributed by atoms with Gasteiger partial charge in [0.15, 0.2) is 0 Å². The first-order valence-electron chi connectivity index (χ1n) is 9.17. The highest BCUT2D eigenvalue weighted by Gasteiger charge is 2.42. The summed E-state index contributed by atoms with van der Waals surface area (Å²) in [6.45, 7) is 4.74. The zero-order valence-corrected chi connectivity index (χ0v) is 16.1. The number of carbonyl (C=O) groups is 2. The van der Waals surface area contributed by atoms with Crippen LogP contribution in [-0.4, -0.2) is 38.3 Å². The van der Waals surface area contributed by atoms with E-state index in [1.54, 1.807) is 18.2 Å². The Morgan fingerprint density at radius 1 is 1.31 bits per heavy atom. The number of ether oxygens (including phenoxy) is 3. The van der Waals surface area contributed by atoms with Crippen LogP contribution in [0.1, 0.15) is 56.3 Å². The molecular weight excluding hydrogens is 334 g/mol. The van der Waals surface area contributed by atoms with Gasteiger partial charge in [0.1, 0.15) is 16.9 Å². The molecule has 0 saturated heterocycles. The summed E-state index contributed by atoms with van der Waals surface area (Å²) < 4.78 is 16.0. The minimum atomic E-state index is -0.807. The van der Waals surface area contributed by atoms with E-state index in [9.17, 15) is 9.59 Å². The molecule has 1 N–H and O–H groups in total. The van der Waals surface area contributed by atoms with Crippen molar-refractivity contribution in [1.82, 2.24) is 0 Å². The van der Waals surface area contributed by atoms with Gasteiger partial charge < -0.3 is 19.5 Å². The second-order valence-electron chi connectivity index (χ2n) is 6.91. The van der Waals surface area contributed by atoms with E-state index in [1.165, 1.54) is 14.2 Å². The molecule has 6 heteroatoms. The van der Waals surface area contributed by atoms with Gasteiger partial charge in [0.25, 0.3) is 5.91 Å². The smallest absolute Gasteiger partial charge is 0.341 e. The summed E-state index contributed by atoms with van der Waals surface area (Å²) in [4.78, 5) is 25.0. The molecule has 0 aliphatic heterocycles. The van der Waals surface area contributed by atoms with Crippen molar-refractivity contribution in [3.05, 3.63) is 23.8 Å². The van der Waals surface area contributed by atoms with Gasteiger partial charge in [-0.15, -0.1) is 0 Å². The lowest BCUT2D eigenvalue weighted by Crippen LogP contribution is -2.48. The Morgan fingerprint density at radius 2 is 2.08 bits per heavy atom. The third-order valence-corrected chi connectivity index (χ3v) is 4.81. The topological polar surface area (TPSA) is 73.9 Å². The number of nitrogens with one attached hydrogen (secondary N) is 1. The Hall–Kier alpha value is -2.08. The summed E-state index contributed by atoms with van der Waals surface area (Å²) in [7, 11) is 2.79. The van der Waals surface area contributed by atoms with E-state index in [2.05, 4.69) is 12.2 Å². The van der Waals surface area contributed by atoms with Gasteiger partial charge in [-0.2, -0.15) is 0 Å². The third kappa shape index (κ3) is 4.55. The first-order chi connectivity index (χ1) is 12.5. The fourth-order valence-electron chi connectivity index (χ4n) is 3.50. The Bertz CT molecular complexity index is 645. The Labute approximate surface area is 155 Å². The van der Waals surface area contributed by atoms with E-state index in [-0.39, 0.29) is 11.5 Å². The molecule has 144 valence electrons. The predicted molar refractivity (Wildman–Crippen MR) is 99.6 cm³/mol. The number of carbonyl (C=O) groups excluding carboxylic acids is 2. The Morgan fingerprint density at radius 3 is 2.69 bits per heavy atom. The van der Waals surface area contributed by atoms with Crippen molar-refractivity contribution in [3.8, 4) is 5.75 Å². The van der Waals surface area contributed by atoms with Crippen molar-refractivity contribution >= 4 is 17.6 Å². The summed E-state index contributed by atoms with van der Waals surface area (Å²) in [5, 5.41) is 2.93. The normalized spacial score (nSPS) is 22.5. The van der Waals surface area contributed by atoms with Gasteiger partial charge in [0.2, 0.25) is 0 Å². The fraction of sp³-hybridized carbons (Fsp3) is 0.600. The molecule has 1 aromatic carbocycles. The first-order valence-corrected chi connectivity index (χ1v) is 9.17. The van der Waals surface area contributed by atoms with Gasteiger partial charge in [0.05, 0.1) is 14.2 Å². The fourth-order valence-corrected chi connectivity index (χ4v) is 3.50. The molecule has 1 aliphatic carbocycles. The standard InChI is InChI=1S/C20H29NO5/c1-5-11-26-20(10-6-7-14(2)13-20)19(23)21-15-8-9-17(24-3)16(12-15)18(22)25-4/h8-9,12,14H,5-7,10-11,13H2,1-4H3,(H,21,23)/t14-,20-/m0/s1. The Kier molecular flexibility index (Phi) is 7.03. The van der Waals surface area contributed by atoms with E-state index in [0.29, 0.717) is 36.8 Å². The number of benzene rings is 1. The van der Waals surface area contributed by atoms with E-state index in [0.717, 1.165) is 19.3 Å². The van der Waals surface area contributed by atoms with Gasteiger partial charge >= 0.3 is 5.97 Å². The molecule has 26 heavy (non-hydrogen) atoms.